The molecule has 12 heavy (non-hydrogen) atoms. The number of benzene rings is 1. The molecule has 0 saturated carbocycles. The Morgan fingerprint density at radius 3 is 2.42 bits per heavy atom. The van der Waals surface area contributed by atoms with Crippen LogP contribution in [-0.4, -0.2) is 18.3 Å². The minimum atomic E-state index is 0.524. The van der Waals surface area contributed by atoms with Crippen molar-refractivity contribution in [3.05, 3.63) is 42.0 Å². The first-order valence-electron chi connectivity index (χ1n) is 4.05. The van der Waals surface area contributed by atoms with Crippen molar-refractivity contribution in [1.29, 1.82) is 0 Å². The predicted molar refractivity (Wildman–Crippen MR) is 59.6 cm³/mol. The average Bonchev–Trinajstić information content (AvgIpc) is 2.05. The molecule has 0 heterocycles. The summed E-state index contributed by atoms with van der Waals surface area (Å²) >= 11 is 0. The Labute approximate surface area is 77.7 Å². The summed E-state index contributed by atoms with van der Waals surface area (Å²) < 4.78 is 0. The molecule has 1 aromatic rings. The zero-order chi connectivity index (χ0) is 8.81. The van der Waals surface area contributed by atoms with E-state index in [2.05, 4.69) is 48.9 Å². The van der Waals surface area contributed by atoms with E-state index < -0.39 is 0 Å². The van der Waals surface area contributed by atoms with Crippen LogP contribution in [0, 0.1) is 0 Å². The molecule has 0 nitrogen and oxygen atoms in total. The van der Waals surface area contributed by atoms with Crippen molar-refractivity contribution in [2.24, 2.45) is 0 Å². The van der Waals surface area contributed by atoms with E-state index in [1.54, 1.807) is 0 Å². The molecule has 64 valence electrons. The van der Waals surface area contributed by atoms with Crippen LogP contribution in [0.4, 0.5) is 0 Å². The summed E-state index contributed by atoms with van der Waals surface area (Å²) in [6, 6.07) is 10.4. The van der Waals surface area contributed by atoms with Gasteiger partial charge in [0.1, 0.15) is 5.75 Å². The first-order chi connectivity index (χ1) is 5.79. The van der Waals surface area contributed by atoms with Gasteiger partial charge in [-0.3, -0.25) is 0 Å². The highest BCUT2D eigenvalue weighted by atomic mass is 32.2. The Balaban J connectivity index is 2.47. The average molecular weight is 179 g/mol. The molecule has 1 heteroatoms. The van der Waals surface area contributed by atoms with Crippen LogP contribution in [0.2, 0.25) is 0 Å². The van der Waals surface area contributed by atoms with Crippen LogP contribution in [0.15, 0.2) is 36.4 Å². The molecule has 0 spiro atoms. The monoisotopic (exact) mass is 179 g/mol. The van der Waals surface area contributed by atoms with Gasteiger partial charge in [-0.1, -0.05) is 36.4 Å². The van der Waals surface area contributed by atoms with Crippen LogP contribution >= 0.6 is 0 Å². The molecule has 1 aromatic carbocycles. The van der Waals surface area contributed by atoms with Gasteiger partial charge >= 0.3 is 0 Å². The van der Waals surface area contributed by atoms with Gasteiger partial charge in [-0.15, -0.1) is 0 Å². The van der Waals surface area contributed by atoms with E-state index in [1.807, 2.05) is 6.07 Å². The van der Waals surface area contributed by atoms with Crippen molar-refractivity contribution in [2.45, 2.75) is 0 Å². The van der Waals surface area contributed by atoms with E-state index in [1.165, 1.54) is 11.3 Å². The van der Waals surface area contributed by atoms with Crippen LogP contribution < -0.4 is 0 Å². The summed E-state index contributed by atoms with van der Waals surface area (Å²) in [5, 5.41) is 0. The maximum atomic E-state index is 2.26. The molecular formula is C11H15S+. The van der Waals surface area contributed by atoms with Crippen LogP contribution in [0.5, 0.6) is 0 Å². The van der Waals surface area contributed by atoms with Crippen LogP contribution in [-0.2, 0) is 10.9 Å². The molecule has 0 amide bonds. The van der Waals surface area contributed by atoms with Crippen LogP contribution in [0.3, 0.4) is 0 Å². The third-order valence-corrected chi connectivity index (χ3v) is 2.40. The van der Waals surface area contributed by atoms with Crippen molar-refractivity contribution in [3.8, 4) is 0 Å². The Morgan fingerprint density at radius 1 is 1.17 bits per heavy atom. The second kappa shape index (κ2) is 5.04. The molecule has 0 radical (unpaired) electrons. The third-order valence-electron chi connectivity index (χ3n) is 1.54. The van der Waals surface area contributed by atoms with Gasteiger partial charge in [0.05, 0.1) is 12.5 Å². The minimum absolute atomic E-state index is 0.524. The zero-order valence-electron chi connectivity index (χ0n) is 7.66. The number of hydrogen-bond donors (Lipinski definition) is 0. The van der Waals surface area contributed by atoms with Crippen molar-refractivity contribution in [3.63, 3.8) is 0 Å². The summed E-state index contributed by atoms with van der Waals surface area (Å²) in [6.45, 7) is 0. The Kier molecular flexibility index (Phi) is 3.95. The number of hydrogen-bond acceptors (Lipinski definition) is 0. The summed E-state index contributed by atoms with van der Waals surface area (Å²) in [4.78, 5) is 0. The Morgan fingerprint density at radius 2 is 1.83 bits per heavy atom. The molecule has 0 aliphatic carbocycles. The van der Waals surface area contributed by atoms with Gasteiger partial charge in [0.25, 0.3) is 0 Å². The molecule has 0 N–H and O–H groups in total. The second-order valence-corrected chi connectivity index (χ2v) is 5.27. The topological polar surface area (TPSA) is 0 Å². The molecule has 0 unspecified atom stereocenters. The molecule has 0 aliphatic rings. The quantitative estimate of drug-likeness (QED) is 0.626. The first-order valence-corrected chi connectivity index (χ1v) is 6.26. The number of rotatable bonds is 3. The van der Waals surface area contributed by atoms with Gasteiger partial charge in [-0.2, -0.15) is 0 Å². The largest absolute Gasteiger partial charge is 0.126 e. The molecular weight excluding hydrogens is 164 g/mol. The Hall–Kier alpha value is -0.690. The molecule has 0 atom stereocenters. The molecule has 0 saturated heterocycles. The lowest BCUT2D eigenvalue weighted by Crippen LogP contribution is -1.97. The van der Waals surface area contributed by atoms with Crippen LogP contribution in [0.25, 0.3) is 6.08 Å². The van der Waals surface area contributed by atoms with Crippen molar-refractivity contribution in [2.75, 3.05) is 18.3 Å². The lowest BCUT2D eigenvalue weighted by molar-refractivity contribution is 1.64. The fourth-order valence-corrected chi connectivity index (χ4v) is 1.42. The highest BCUT2D eigenvalue weighted by molar-refractivity contribution is 7.95. The van der Waals surface area contributed by atoms with E-state index in [0.717, 1.165) is 0 Å². The normalized spacial score (nSPS) is 11.2. The summed E-state index contributed by atoms with van der Waals surface area (Å²) in [6.07, 6.45) is 8.95. The highest BCUT2D eigenvalue weighted by Crippen LogP contribution is 2.01. The second-order valence-electron chi connectivity index (χ2n) is 2.97. The molecule has 0 aromatic heterocycles. The zero-order valence-corrected chi connectivity index (χ0v) is 8.47. The van der Waals surface area contributed by atoms with Gasteiger partial charge in [0.15, 0.2) is 0 Å². The van der Waals surface area contributed by atoms with Gasteiger partial charge in [-0.05, 0) is 22.5 Å². The SMILES string of the molecule is C[S+](C)CC=Cc1ccccc1. The fourth-order valence-electron chi connectivity index (χ4n) is 0.941. The maximum absolute atomic E-state index is 2.26. The lowest BCUT2D eigenvalue weighted by Gasteiger charge is -1.91. The summed E-state index contributed by atoms with van der Waals surface area (Å²) in [7, 11) is 0.524. The molecule has 0 fully saturated rings. The maximum Gasteiger partial charge on any atom is 0.126 e. The van der Waals surface area contributed by atoms with Gasteiger partial charge in [-0.25, -0.2) is 0 Å². The first kappa shape index (κ1) is 9.40. The van der Waals surface area contributed by atoms with E-state index in [0.29, 0.717) is 10.9 Å². The summed E-state index contributed by atoms with van der Waals surface area (Å²) in [5.41, 5.74) is 1.29. The molecule has 1 rings (SSSR count). The molecule has 0 bridgehead atoms. The van der Waals surface area contributed by atoms with Crippen LogP contribution in [0.1, 0.15) is 5.56 Å². The third kappa shape index (κ3) is 3.63. The molecule has 0 aliphatic heterocycles. The van der Waals surface area contributed by atoms with Gasteiger partial charge in [0.2, 0.25) is 0 Å². The smallest absolute Gasteiger partial charge is 0.0622 e. The van der Waals surface area contributed by atoms with Crippen molar-refractivity contribution < 1.29 is 0 Å². The van der Waals surface area contributed by atoms with Crippen molar-refractivity contribution in [1.82, 2.24) is 0 Å². The lowest BCUT2D eigenvalue weighted by atomic mass is 10.2. The van der Waals surface area contributed by atoms with Gasteiger partial charge < -0.3 is 0 Å². The minimum Gasteiger partial charge on any atom is -0.0622 e. The highest BCUT2D eigenvalue weighted by Gasteiger charge is 1.95. The standard InChI is InChI=1S/C11H15S/c1-12(2)10-6-9-11-7-4-3-5-8-11/h3-9H,10H2,1-2H3/q+1. The predicted octanol–water partition coefficient (Wildman–Crippen LogP) is 2.58. The van der Waals surface area contributed by atoms with E-state index >= 15 is 0 Å². The fraction of sp³-hybridized carbons (Fsp3) is 0.273. The Bertz CT molecular complexity index is 236. The summed E-state index contributed by atoms with van der Waals surface area (Å²) in [5.74, 6) is 1.19. The van der Waals surface area contributed by atoms with E-state index in [4.69, 9.17) is 0 Å². The van der Waals surface area contributed by atoms with Crippen molar-refractivity contribution >= 4 is 17.0 Å². The van der Waals surface area contributed by atoms with E-state index in [-0.39, 0.29) is 0 Å². The van der Waals surface area contributed by atoms with Gasteiger partial charge in [0, 0.05) is 0 Å². The van der Waals surface area contributed by atoms with E-state index in [9.17, 15) is 0 Å².